The van der Waals surface area contributed by atoms with Gasteiger partial charge in [-0.25, -0.2) is 4.98 Å². The summed E-state index contributed by atoms with van der Waals surface area (Å²) in [4.78, 5) is 19.6. The number of hydrogen-bond donors (Lipinski definition) is 0. The lowest BCUT2D eigenvalue weighted by molar-refractivity contribution is -0.131. The molecule has 0 radical (unpaired) electrons. The van der Waals surface area contributed by atoms with Crippen molar-refractivity contribution in [1.82, 2.24) is 14.5 Å². The average Bonchev–Trinajstić information content (AvgIpc) is 3.27. The Hall–Kier alpha value is -2.82. The van der Waals surface area contributed by atoms with E-state index in [-0.39, 0.29) is 17.4 Å². The third-order valence-corrected chi connectivity index (χ3v) is 6.10. The number of imidazole rings is 1. The third-order valence-electron chi connectivity index (χ3n) is 6.10. The van der Waals surface area contributed by atoms with Gasteiger partial charge in [-0.2, -0.15) is 0 Å². The van der Waals surface area contributed by atoms with E-state index < -0.39 is 0 Å². The molecule has 1 atom stereocenters. The number of fused-ring (bicyclic) bond motifs is 1. The standard InChI is InChI=1S/C26H33N3O2/c1-18-11-12-23(19(2)15-18)31-14-8-13-28-22-10-7-6-9-21(22)27-25(28)20-16-24(30)29(17-20)26(3,4)5/h6-7,9-12,15,20H,8,13-14,16-17H2,1-5H3/t20-/m0/s1. The largest absolute Gasteiger partial charge is 0.493 e. The summed E-state index contributed by atoms with van der Waals surface area (Å²) in [5.74, 6) is 2.31. The Labute approximate surface area is 185 Å². The molecule has 0 saturated carbocycles. The number of likely N-dealkylation sites (tertiary alicyclic amines) is 1. The van der Waals surface area contributed by atoms with Crippen LogP contribution in [0.5, 0.6) is 5.75 Å². The Kier molecular flexibility index (Phi) is 5.78. The maximum Gasteiger partial charge on any atom is 0.223 e. The van der Waals surface area contributed by atoms with Gasteiger partial charge in [-0.15, -0.1) is 0 Å². The summed E-state index contributed by atoms with van der Waals surface area (Å²) in [5.41, 5.74) is 4.37. The number of ether oxygens (including phenoxy) is 1. The van der Waals surface area contributed by atoms with Crippen molar-refractivity contribution in [1.29, 1.82) is 0 Å². The van der Waals surface area contributed by atoms with E-state index in [0.29, 0.717) is 13.0 Å². The highest BCUT2D eigenvalue weighted by Crippen LogP contribution is 2.34. The van der Waals surface area contributed by atoms with Crippen molar-refractivity contribution in [2.24, 2.45) is 0 Å². The summed E-state index contributed by atoms with van der Waals surface area (Å²) in [6.45, 7) is 12.7. The maximum atomic E-state index is 12.7. The molecule has 0 unspecified atom stereocenters. The number of carbonyl (C=O) groups is 1. The fraction of sp³-hybridized carbons (Fsp3) is 0.462. The lowest BCUT2D eigenvalue weighted by Crippen LogP contribution is -2.42. The normalized spacial score (nSPS) is 17.0. The molecule has 0 bridgehead atoms. The van der Waals surface area contributed by atoms with Crippen molar-refractivity contribution in [2.75, 3.05) is 13.2 Å². The fourth-order valence-corrected chi connectivity index (χ4v) is 4.54. The van der Waals surface area contributed by atoms with Crippen LogP contribution in [0, 0.1) is 13.8 Å². The van der Waals surface area contributed by atoms with Crippen molar-refractivity contribution < 1.29 is 9.53 Å². The monoisotopic (exact) mass is 419 g/mol. The van der Waals surface area contributed by atoms with E-state index in [4.69, 9.17) is 9.72 Å². The van der Waals surface area contributed by atoms with Gasteiger partial charge in [-0.1, -0.05) is 29.8 Å². The number of aryl methyl sites for hydroxylation is 3. The van der Waals surface area contributed by atoms with Gasteiger partial charge in [0.15, 0.2) is 0 Å². The topological polar surface area (TPSA) is 47.4 Å². The second-order valence-electron chi connectivity index (χ2n) is 9.66. The number of para-hydroxylation sites is 2. The van der Waals surface area contributed by atoms with Crippen LogP contribution < -0.4 is 4.74 Å². The summed E-state index contributed by atoms with van der Waals surface area (Å²) < 4.78 is 8.35. The molecule has 4 rings (SSSR count). The van der Waals surface area contributed by atoms with Crippen LogP contribution >= 0.6 is 0 Å². The lowest BCUT2D eigenvalue weighted by atomic mass is 10.1. The fourth-order valence-electron chi connectivity index (χ4n) is 4.54. The zero-order valence-electron chi connectivity index (χ0n) is 19.3. The van der Waals surface area contributed by atoms with E-state index in [2.05, 4.69) is 69.5 Å². The Morgan fingerprint density at radius 3 is 2.61 bits per heavy atom. The van der Waals surface area contributed by atoms with Gasteiger partial charge in [0, 0.05) is 31.0 Å². The smallest absolute Gasteiger partial charge is 0.223 e. The van der Waals surface area contributed by atoms with E-state index in [9.17, 15) is 4.79 Å². The molecule has 0 spiro atoms. The van der Waals surface area contributed by atoms with Gasteiger partial charge in [0.25, 0.3) is 0 Å². The van der Waals surface area contributed by atoms with E-state index in [1.165, 1.54) is 11.1 Å². The molecule has 5 nitrogen and oxygen atoms in total. The van der Waals surface area contributed by atoms with Crippen molar-refractivity contribution >= 4 is 16.9 Å². The molecule has 164 valence electrons. The first-order chi connectivity index (χ1) is 14.7. The number of nitrogens with zero attached hydrogens (tertiary/aromatic N) is 3. The molecule has 2 aromatic carbocycles. The van der Waals surface area contributed by atoms with E-state index in [1.807, 2.05) is 17.0 Å². The van der Waals surface area contributed by atoms with Crippen molar-refractivity contribution in [3.63, 3.8) is 0 Å². The first kappa shape index (κ1) is 21.4. The summed E-state index contributed by atoms with van der Waals surface area (Å²) in [6.07, 6.45) is 1.41. The van der Waals surface area contributed by atoms with Crippen LogP contribution in [0.4, 0.5) is 0 Å². The molecule has 1 aliphatic heterocycles. The van der Waals surface area contributed by atoms with Crippen LogP contribution in [0.25, 0.3) is 11.0 Å². The van der Waals surface area contributed by atoms with E-state index in [0.717, 1.165) is 42.1 Å². The Morgan fingerprint density at radius 2 is 1.90 bits per heavy atom. The van der Waals surface area contributed by atoms with E-state index in [1.54, 1.807) is 0 Å². The number of amides is 1. The molecular weight excluding hydrogens is 386 g/mol. The summed E-state index contributed by atoms with van der Waals surface area (Å²) in [5, 5.41) is 0. The molecule has 1 fully saturated rings. The van der Waals surface area contributed by atoms with Gasteiger partial charge in [0.2, 0.25) is 5.91 Å². The minimum absolute atomic E-state index is 0.124. The minimum atomic E-state index is -0.164. The predicted molar refractivity (Wildman–Crippen MR) is 125 cm³/mol. The summed E-state index contributed by atoms with van der Waals surface area (Å²) in [7, 11) is 0. The number of hydrogen-bond acceptors (Lipinski definition) is 3. The van der Waals surface area contributed by atoms with Crippen LogP contribution in [0.15, 0.2) is 42.5 Å². The Morgan fingerprint density at radius 1 is 1.13 bits per heavy atom. The lowest BCUT2D eigenvalue weighted by Gasteiger charge is -2.32. The molecule has 1 saturated heterocycles. The van der Waals surface area contributed by atoms with Crippen LogP contribution in [-0.4, -0.2) is 39.0 Å². The second-order valence-corrected chi connectivity index (χ2v) is 9.66. The highest BCUT2D eigenvalue weighted by atomic mass is 16.5. The molecule has 1 aliphatic rings. The number of carbonyl (C=O) groups excluding carboxylic acids is 1. The Balaban J connectivity index is 1.51. The zero-order valence-corrected chi connectivity index (χ0v) is 19.3. The van der Waals surface area contributed by atoms with Gasteiger partial charge in [0.1, 0.15) is 11.6 Å². The maximum absolute atomic E-state index is 12.7. The summed E-state index contributed by atoms with van der Waals surface area (Å²) in [6, 6.07) is 14.5. The Bertz CT molecular complexity index is 1090. The average molecular weight is 420 g/mol. The zero-order chi connectivity index (χ0) is 22.2. The third kappa shape index (κ3) is 4.46. The van der Waals surface area contributed by atoms with Crippen molar-refractivity contribution in [2.45, 2.75) is 65.5 Å². The van der Waals surface area contributed by atoms with Crippen LogP contribution in [0.2, 0.25) is 0 Å². The number of aromatic nitrogens is 2. The van der Waals surface area contributed by atoms with Gasteiger partial charge < -0.3 is 14.2 Å². The highest BCUT2D eigenvalue weighted by molar-refractivity contribution is 5.81. The van der Waals surface area contributed by atoms with Gasteiger partial charge in [-0.05, 0) is 64.8 Å². The molecule has 1 aromatic heterocycles. The quantitative estimate of drug-likeness (QED) is 0.514. The van der Waals surface area contributed by atoms with Gasteiger partial charge >= 0.3 is 0 Å². The first-order valence-electron chi connectivity index (χ1n) is 11.2. The van der Waals surface area contributed by atoms with Gasteiger partial charge in [-0.3, -0.25) is 4.79 Å². The van der Waals surface area contributed by atoms with Crippen LogP contribution in [0.1, 0.15) is 56.5 Å². The number of benzene rings is 2. The molecule has 1 amide bonds. The van der Waals surface area contributed by atoms with Crippen LogP contribution in [0.3, 0.4) is 0 Å². The molecule has 2 heterocycles. The van der Waals surface area contributed by atoms with E-state index >= 15 is 0 Å². The van der Waals surface area contributed by atoms with Crippen LogP contribution in [-0.2, 0) is 11.3 Å². The summed E-state index contributed by atoms with van der Waals surface area (Å²) >= 11 is 0. The molecule has 31 heavy (non-hydrogen) atoms. The molecule has 0 N–H and O–H groups in total. The number of rotatable bonds is 6. The van der Waals surface area contributed by atoms with Gasteiger partial charge in [0.05, 0.1) is 17.6 Å². The SMILES string of the molecule is Cc1ccc(OCCCn2c([C@H]3CC(=O)N(C(C)(C)C)C3)nc3ccccc32)c(C)c1. The van der Waals surface area contributed by atoms with Crippen molar-refractivity contribution in [3.05, 3.63) is 59.4 Å². The molecular formula is C26H33N3O2. The molecule has 5 heteroatoms. The van der Waals surface area contributed by atoms with Crippen molar-refractivity contribution in [3.8, 4) is 5.75 Å². The minimum Gasteiger partial charge on any atom is -0.493 e. The highest BCUT2D eigenvalue weighted by Gasteiger charge is 2.38. The second kappa shape index (κ2) is 8.37. The first-order valence-corrected chi connectivity index (χ1v) is 11.2. The molecule has 0 aliphatic carbocycles. The predicted octanol–water partition coefficient (Wildman–Crippen LogP) is 5.24. The molecule has 3 aromatic rings.